The van der Waals surface area contributed by atoms with Gasteiger partial charge in [0.05, 0.1) is 0 Å². The Morgan fingerprint density at radius 1 is 1.28 bits per heavy atom. The number of benzene rings is 1. The Morgan fingerprint density at radius 2 is 1.83 bits per heavy atom. The molecular weight excluding hydrogens is 228 g/mol. The molecule has 0 saturated carbocycles. The van der Waals surface area contributed by atoms with E-state index in [2.05, 4.69) is 11.4 Å². The summed E-state index contributed by atoms with van der Waals surface area (Å²) in [6.45, 7) is 8.20. The van der Waals surface area contributed by atoms with Crippen LogP contribution in [0.15, 0.2) is 18.2 Å². The molecule has 0 saturated heterocycles. The van der Waals surface area contributed by atoms with Crippen molar-refractivity contribution in [2.75, 3.05) is 6.61 Å². The van der Waals surface area contributed by atoms with Crippen LogP contribution < -0.4 is 15.8 Å². The van der Waals surface area contributed by atoms with Gasteiger partial charge in [0.25, 0.3) is 0 Å². The van der Waals surface area contributed by atoms with Crippen LogP contribution in [0.5, 0.6) is 5.75 Å². The van der Waals surface area contributed by atoms with Gasteiger partial charge in [-0.3, -0.25) is 4.79 Å². The molecule has 4 heteroatoms. The standard InChI is InChI=1S/C14H22N2O2/c1-9(2)16-13(14(15)17)8-18-12-6-10(3)5-11(4)7-12/h5-7,9,13,16H,8H2,1-4H3,(H2,15,17). The molecule has 0 bridgehead atoms. The second kappa shape index (κ2) is 6.40. The molecule has 1 unspecified atom stereocenters. The lowest BCUT2D eigenvalue weighted by Crippen LogP contribution is -2.48. The van der Waals surface area contributed by atoms with Crippen LogP contribution >= 0.6 is 0 Å². The number of carbonyl (C=O) groups excluding carboxylic acids is 1. The van der Waals surface area contributed by atoms with Gasteiger partial charge in [-0.15, -0.1) is 0 Å². The van der Waals surface area contributed by atoms with E-state index in [1.165, 1.54) is 0 Å². The van der Waals surface area contributed by atoms with E-state index < -0.39 is 11.9 Å². The number of aryl methyl sites for hydroxylation is 2. The number of nitrogens with two attached hydrogens (primary N) is 1. The second-order valence-electron chi connectivity index (χ2n) is 4.91. The van der Waals surface area contributed by atoms with Crippen molar-refractivity contribution in [3.05, 3.63) is 29.3 Å². The lowest BCUT2D eigenvalue weighted by atomic mass is 10.1. The molecule has 0 fully saturated rings. The number of amides is 1. The molecule has 1 rings (SSSR count). The first-order chi connectivity index (χ1) is 8.38. The van der Waals surface area contributed by atoms with Gasteiger partial charge in [0.2, 0.25) is 5.91 Å². The fourth-order valence-electron chi connectivity index (χ4n) is 1.81. The van der Waals surface area contributed by atoms with Crippen molar-refractivity contribution in [2.24, 2.45) is 5.73 Å². The summed E-state index contributed by atoms with van der Waals surface area (Å²) in [6.07, 6.45) is 0. The van der Waals surface area contributed by atoms with E-state index in [-0.39, 0.29) is 12.6 Å². The molecular formula is C14H22N2O2. The highest BCUT2D eigenvalue weighted by Crippen LogP contribution is 2.16. The highest BCUT2D eigenvalue weighted by Gasteiger charge is 2.16. The predicted molar refractivity (Wildman–Crippen MR) is 72.7 cm³/mol. The smallest absolute Gasteiger partial charge is 0.238 e. The van der Waals surface area contributed by atoms with Crippen LogP contribution in [0.1, 0.15) is 25.0 Å². The summed E-state index contributed by atoms with van der Waals surface area (Å²) in [5.74, 6) is 0.373. The molecule has 1 aromatic carbocycles. The molecule has 0 aliphatic rings. The monoisotopic (exact) mass is 250 g/mol. The second-order valence-corrected chi connectivity index (χ2v) is 4.91. The maximum absolute atomic E-state index is 11.3. The van der Waals surface area contributed by atoms with Gasteiger partial charge >= 0.3 is 0 Å². The highest BCUT2D eigenvalue weighted by molar-refractivity contribution is 5.80. The van der Waals surface area contributed by atoms with Crippen LogP contribution in [-0.2, 0) is 4.79 Å². The van der Waals surface area contributed by atoms with E-state index in [4.69, 9.17) is 10.5 Å². The fourth-order valence-corrected chi connectivity index (χ4v) is 1.81. The van der Waals surface area contributed by atoms with Crippen molar-refractivity contribution < 1.29 is 9.53 Å². The lowest BCUT2D eigenvalue weighted by Gasteiger charge is -2.19. The molecule has 100 valence electrons. The molecule has 4 nitrogen and oxygen atoms in total. The van der Waals surface area contributed by atoms with Crippen LogP contribution in [0.4, 0.5) is 0 Å². The minimum Gasteiger partial charge on any atom is -0.491 e. The summed E-state index contributed by atoms with van der Waals surface area (Å²) in [5.41, 5.74) is 7.60. The van der Waals surface area contributed by atoms with Gasteiger partial charge in [-0.2, -0.15) is 0 Å². The first-order valence-electron chi connectivity index (χ1n) is 6.15. The molecule has 0 aromatic heterocycles. The van der Waals surface area contributed by atoms with E-state index in [0.29, 0.717) is 0 Å². The van der Waals surface area contributed by atoms with Gasteiger partial charge in [0.15, 0.2) is 0 Å². The summed E-state index contributed by atoms with van der Waals surface area (Å²) in [7, 11) is 0. The molecule has 0 spiro atoms. The molecule has 0 aliphatic heterocycles. The molecule has 1 aromatic rings. The summed E-state index contributed by atoms with van der Waals surface area (Å²) in [6, 6.07) is 5.68. The van der Waals surface area contributed by atoms with Crippen molar-refractivity contribution in [1.29, 1.82) is 0 Å². The van der Waals surface area contributed by atoms with Gasteiger partial charge in [-0.05, 0) is 37.1 Å². The molecule has 1 amide bonds. The van der Waals surface area contributed by atoms with Crippen LogP contribution in [-0.4, -0.2) is 24.6 Å². The summed E-state index contributed by atoms with van der Waals surface area (Å²) in [4.78, 5) is 11.3. The van der Waals surface area contributed by atoms with E-state index in [9.17, 15) is 4.79 Å². The van der Waals surface area contributed by atoms with Gasteiger partial charge in [-0.25, -0.2) is 0 Å². The van der Waals surface area contributed by atoms with E-state index in [0.717, 1.165) is 16.9 Å². The maximum Gasteiger partial charge on any atom is 0.238 e. The largest absolute Gasteiger partial charge is 0.491 e. The number of nitrogens with one attached hydrogen (secondary N) is 1. The minimum absolute atomic E-state index is 0.186. The van der Waals surface area contributed by atoms with Gasteiger partial charge < -0.3 is 15.8 Å². The summed E-state index contributed by atoms with van der Waals surface area (Å²) in [5, 5.41) is 3.08. The number of hydrogen-bond acceptors (Lipinski definition) is 3. The SMILES string of the molecule is Cc1cc(C)cc(OCC(NC(C)C)C(N)=O)c1. The minimum atomic E-state index is -0.467. The maximum atomic E-state index is 11.3. The quantitative estimate of drug-likeness (QED) is 0.805. The third-order valence-electron chi connectivity index (χ3n) is 2.49. The zero-order chi connectivity index (χ0) is 13.7. The zero-order valence-corrected chi connectivity index (χ0v) is 11.5. The van der Waals surface area contributed by atoms with Gasteiger partial charge in [0.1, 0.15) is 18.4 Å². The fraction of sp³-hybridized carbons (Fsp3) is 0.500. The molecule has 0 heterocycles. The van der Waals surface area contributed by atoms with E-state index >= 15 is 0 Å². The number of primary amides is 1. The first kappa shape index (κ1) is 14.5. The Hall–Kier alpha value is -1.55. The van der Waals surface area contributed by atoms with Crippen LogP contribution in [0.25, 0.3) is 0 Å². The Kier molecular flexibility index (Phi) is 5.16. The molecule has 0 radical (unpaired) electrons. The van der Waals surface area contributed by atoms with E-state index in [1.807, 2.05) is 39.8 Å². The lowest BCUT2D eigenvalue weighted by molar-refractivity contribution is -0.120. The molecule has 0 aliphatic carbocycles. The third kappa shape index (κ3) is 4.75. The molecule has 18 heavy (non-hydrogen) atoms. The number of ether oxygens (including phenoxy) is 1. The van der Waals surface area contributed by atoms with Crippen molar-refractivity contribution >= 4 is 5.91 Å². The zero-order valence-electron chi connectivity index (χ0n) is 11.5. The van der Waals surface area contributed by atoms with Crippen LogP contribution in [0.3, 0.4) is 0 Å². The topological polar surface area (TPSA) is 64.3 Å². The molecule has 1 atom stereocenters. The van der Waals surface area contributed by atoms with Crippen molar-refractivity contribution in [3.63, 3.8) is 0 Å². The normalized spacial score (nSPS) is 12.5. The Bertz CT molecular complexity index is 396. The highest BCUT2D eigenvalue weighted by atomic mass is 16.5. The predicted octanol–water partition coefficient (Wildman–Crippen LogP) is 1.53. The van der Waals surface area contributed by atoms with Crippen LogP contribution in [0.2, 0.25) is 0 Å². The Labute approximate surface area is 109 Å². The average molecular weight is 250 g/mol. The van der Waals surface area contributed by atoms with Crippen molar-refractivity contribution in [2.45, 2.75) is 39.8 Å². The summed E-state index contributed by atoms with van der Waals surface area (Å²) >= 11 is 0. The van der Waals surface area contributed by atoms with Gasteiger partial charge in [-0.1, -0.05) is 19.9 Å². The summed E-state index contributed by atoms with van der Waals surface area (Å²) < 4.78 is 5.63. The van der Waals surface area contributed by atoms with E-state index in [1.54, 1.807) is 0 Å². The Morgan fingerprint density at radius 3 is 2.28 bits per heavy atom. The number of carbonyl (C=O) groups is 1. The van der Waals surface area contributed by atoms with Crippen LogP contribution in [0, 0.1) is 13.8 Å². The third-order valence-corrected chi connectivity index (χ3v) is 2.49. The average Bonchev–Trinajstić information content (AvgIpc) is 2.21. The van der Waals surface area contributed by atoms with Gasteiger partial charge in [0, 0.05) is 6.04 Å². The number of hydrogen-bond donors (Lipinski definition) is 2. The first-order valence-corrected chi connectivity index (χ1v) is 6.15. The Balaban J connectivity index is 2.63. The number of rotatable bonds is 6. The molecule has 3 N–H and O–H groups in total. The van der Waals surface area contributed by atoms with Crippen molar-refractivity contribution in [1.82, 2.24) is 5.32 Å². The van der Waals surface area contributed by atoms with Crippen molar-refractivity contribution in [3.8, 4) is 5.75 Å².